The number of hydrogen-bond acceptors (Lipinski definition) is 3. The Morgan fingerprint density at radius 1 is 1.09 bits per heavy atom. The third-order valence-electron chi connectivity index (χ3n) is 3.07. The zero-order valence-corrected chi connectivity index (χ0v) is 12.9. The molecule has 0 bridgehead atoms. The molecular formula is C16H15ClN2O3. The van der Waals surface area contributed by atoms with E-state index in [1.54, 1.807) is 55.4 Å². The van der Waals surface area contributed by atoms with Crippen molar-refractivity contribution >= 4 is 34.9 Å². The van der Waals surface area contributed by atoms with Gasteiger partial charge in [0.1, 0.15) is 0 Å². The summed E-state index contributed by atoms with van der Waals surface area (Å²) in [5.74, 6) is -1.38. The third kappa shape index (κ3) is 3.56. The lowest BCUT2D eigenvalue weighted by molar-refractivity contribution is 0.0697. The second-order valence-corrected chi connectivity index (χ2v) is 5.33. The van der Waals surface area contributed by atoms with Gasteiger partial charge in [-0.05, 0) is 42.5 Å². The molecule has 2 aromatic rings. The molecule has 22 heavy (non-hydrogen) atoms. The highest BCUT2D eigenvalue weighted by Crippen LogP contribution is 2.23. The average Bonchev–Trinajstić information content (AvgIpc) is 2.47. The molecule has 1 amide bonds. The highest BCUT2D eigenvalue weighted by Gasteiger charge is 2.14. The highest BCUT2D eigenvalue weighted by molar-refractivity contribution is 6.30. The van der Waals surface area contributed by atoms with Crippen molar-refractivity contribution in [2.45, 2.75) is 0 Å². The molecule has 0 saturated heterocycles. The molecule has 0 aliphatic rings. The molecule has 0 spiro atoms. The minimum absolute atomic E-state index is 0.124. The number of halogens is 1. The fourth-order valence-corrected chi connectivity index (χ4v) is 2.11. The summed E-state index contributed by atoms with van der Waals surface area (Å²) in [5.41, 5.74) is 1.55. The first-order valence-corrected chi connectivity index (χ1v) is 6.88. The van der Waals surface area contributed by atoms with Crippen molar-refractivity contribution < 1.29 is 14.7 Å². The quantitative estimate of drug-likeness (QED) is 0.907. The van der Waals surface area contributed by atoms with Crippen LogP contribution in [0.15, 0.2) is 42.5 Å². The maximum absolute atomic E-state index is 12.1. The van der Waals surface area contributed by atoms with Gasteiger partial charge in [0.05, 0.1) is 11.3 Å². The van der Waals surface area contributed by atoms with E-state index in [2.05, 4.69) is 5.32 Å². The van der Waals surface area contributed by atoms with Crippen LogP contribution in [0.25, 0.3) is 0 Å². The molecule has 0 aliphatic carbocycles. The van der Waals surface area contributed by atoms with Gasteiger partial charge in [0.2, 0.25) is 0 Å². The number of rotatable bonds is 4. The summed E-state index contributed by atoms with van der Waals surface area (Å²) in [6.45, 7) is 0. The summed E-state index contributed by atoms with van der Waals surface area (Å²) in [6.07, 6.45) is 0. The van der Waals surface area contributed by atoms with Crippen LogP contribution < -0.4 is 10.2 Å². The molecule has 0 fully saturated rings. The van der Waals surface area contributed by atoms with Gasteiger partial charge in [-0.1, -0.05) is 11.6 Å². The average molecular weight is 319 g/mol. The van der Waals surface area contributed by atoms with E-state index in [0.717, 1.165) is 0 Å². The lowest BCUT2D eigenvalue weighted by Gasteiger charge is -2.16. The maximum atomic E-state index is 12.1. The van der Waals surface area contributed by atoms with Crippen molar-refractivity contribution in [1.29, 1.82) is 0 Å². The number of carboxylic acid groups (broad SMARTS) is 1. The summed E-state index contributed by atoms with van der Waals surface area (Å²) in [7, 11) is 3.52. The van der Waals surface area contributed by atoms with E-state index in [-0.39, 0.29) is 11.5 Å². The van der Waals surface area contributed by atoms with E-state index in [4.69, 9.17) is 11.6 Å². The summed E-state index contributed by atoms with van der Waals surface area (Å²) < 4.78 is 0. The van der Waals surface area contributed by atoms with Gasteiger partial charge in [-0.3, -0.25) is 4.79 Å². The molecule has 114 valence electrons. The van der Waals surface area contributed by atoms with Crippen LogP contribution in [0.1, 0.15) is 20.7 Å². The van der Waals surface area contributed by atoms with Crippen LogP contribution in [-0.2, 0) is 0 Å². The van der Waals surface area contributed by atoms with Gasteiger partial charge in [0, 0.05) is 30.4 Å². The van der Waals surface area contributed by atoms with E-state index < -0.39 is 5.97 Å². The smallest absolute Gasteiger partial charge is 0.337 e. The Bertz CT molecular complexity index is 712. The molecule has 2 rings (SSSR count). The summed E-state index contributed by atoms with van der Waals surface area (Å²) >= 11 is 5.78. The lowest BCUT2D eigenvalue weighted by Crippen LogP contribution is -2.16. The molecule has 0 aromatic heterocycles. The molecule has 0 radical (unpaired) electrons. The Labute approximate surface area is 133 Å². The number of anilines is 2. The van der Waals surface area contributed by atoms with Crippen LogP contribution in [0.4, 0.5) is 11.4 Å². The first-order chi connectivity index (χ1) is 10.4. The van der Waals surface area contributed by atoms with E-state index in [1.807, 2.05) is 0 Å². The number of carbonyl (C=O) groups excluding carboxylic acids is 1. The van der Waals surface area contributed by atoms with Gasteiger partial charge in [0.25, 0.3) is 5.91 Å². The number of carboxylic acids is 1. The summed E-state index contributed by atoms with van der Waals surface area (Å²) in [6, 6.07) is 11.2. The Morgan fingerprint density at radius 3 is 2.27 bits per heavy atom. The van der Waals surface area contributed by atoms with Crippen LogP contribution in [0.2, 0.25) is 5.02 Å². The topological polar surface area (TPSA) is 69.6 Å². The molecular weight excluding hydrogens is 304 g/mol. The molecule has 0 heterocycles. The molecule has 0 unspecified atom stereocenters. The second-order valence-electron chi connectivity index (χ2n) is 4.89. The molecule has 5 nitrogen and oxygen atoms in total. The van der Waals surface area contributed by atoms with Crippen LogP contribution in [0.3, 0.4) is 0 Å². The van der Waals surface area contributed by atoms with E-state index in [1.165, 1.54) is 6.07 Å². The van der Waals surface area contributed by atoms with Gasteiger partial charge < -0.3 is 15.3 Å². The fourth-order valence-electron chi connectivity index (χ4n) is 1.98. The maximum Gasteiger partial charge on any atom is 0.337 e. The molecule has 2 aromatic carbocycles. The van der Waals surface area contributed by atoms with Crippen molar-refractivity contribution in [2.75, 3.05) is 24.3 Å². The van der Waals surface area contributed by atoms with Crippen molar-refractivity contribution in [3.63, 3.8) is 0 Å². The van der Waals surface area contributed by atoms with Gasteiger partial charge in [-0.2, -0.15) is 0 Å². The van der Waals surface area contributed by atoms with Crippen LogP contribution >= 0.6 is 11.6 Å². The first-order valence-electron chi connectivity index (χ1n) is 6.50. The normalized spacial score (nSPS) is 10.1. The number of nitrogens with one attached hydrogen (secondary N) is 1. The Kier molecular flexibility index (Phi) is 4.68. The van der Waals surface area contributed by atoms with Crippen LogP contribution in [0, 0.1) is 0 Å². The second kappa shape index (κ2) is 6.49. The predicted molar refractivity (Wildman–Crippen MR) is 87.1 cm³/mol. The van der Waals surface area contributed by atoms with Crippen molar-refractivity contribution in [3.8, 4) is 0 Å². The Morgan fingerprint density at radius 2 is 1.73 bits per heavy atom. The number of amides is 1. The van der Waals surface area contributed by atoms with Crippen molar-refractivity contribution in [3.05, 3.63) is 58.6 Å². The van der Waals surface area contributed by atoms with Gasteiger partial charge in [0.15, 0.2) is 0 Å². The van der Waals surface area contributed by atoms with Gasteiger partial charge >= 0.3 is 5.97 Å². The molecule has 0 saturated carbocycles. The van der Waals surface area contributed by atoms with E-state index in [9.17, 15) is 14.7 Å². The van der Waals surface area contributed by atoms with Gasteiger partial charge in [-0.15, -0.1) is 0 Å². The zero-order chi connectivity index (χ0) is 16.3. The fraction of sp³-hybridized carbons (Fsp3) is 0.125. The minimum atomic E-state index is -1.05. The number of nitrogens with zero attached hydrogens (tertiary/aromatic N) is 1. The van der Waals surface area contributed by atoms with Gasteiger partial charge in [-0.25, -0.2) is 4.79 Å². The summed E-state index contributed by atoms with van der Waals surface area (Å²) in [4.78, 5) is 25.1. The monoisotopic (exact) mass is 318 g/mol. The number of carbonyl (C=O) groups is 2. The largest absolute Gasteiger partial charge is 0.478 e. The van der Waals surface area contributed by atoms with Crippen LogP contribution in [0.5, 0.6) is 0 Å². The first kappa shape index (κ1) is 15.9. The Hall–Kier alpha value is -2.53. The molecule has 0 aliphatic heterocycles. The number of benzene rings is 2. The van der Waals surface area contributed by atoms with E-state index in [0.29, 0.717) is 22.0 Å². The SMILES string of the molecule is CN(C)c1ccc(NC(=O)c2ccc(Cl)cc2)cc1C(=O)O. The Balaban J connectivity index is 2.26. The van der Waals surface area contributed by atoms with E-state index >= 15 is 0 Å². The van der Waals surface area contributed by atoms with Crippen molar-refractivity contribution in [2.24, 2.45) is 0 Å². The lowest BCUT2D eigenvalue weighted by atomic mass is 10.1. The molecule has 2 N–H and O–H groups in total. The predicted octanol–water partition coefficient (Wildman–Crippen LogP) is 3.36. The van der Waals surface area contributed by atoms with Crippen LogP contribution in [-0.4, -0.2) is 31.1 Å². The third-order valence-corrected chi connectivity index (χ3v) is 3.33. The van der Waals surface area contributed by atoms with Crippen molar-refractivity contribution in [1.82, 2.24) is 0 Å². The number of hydrogen-bond donors (Lipinski definition) is 2. The minimum Gasteiger partial charge on any atom is -0.478 e. The highest BCUT2D eigenvalue weighted by atomic mass is 35.5. The zero-order valence-electron chi connectivity index (χ0n) is 12.1. The molecule has 6 heteroatoms. The number of aromatic carboxylic acids is 1. The molecule has 0 atom stereocenters. The standard InChI is InChI=1S/C16H15ClN2O3/c1-19(2)14-8-7-12(9-13(14)16(21)22)18-15(20)10-3-5-11(17)6-4-10/h3-9H,1-2H3,(H,18,20)(H,21,22). The summed E-state index contributed by atoms with van der Waals surface area (Å²) in [5, 5.41) is 12.5.